The summed E-state index contributed by atoms with van der Waals surface area (Å²) in [5, 5.41) is 0. The van der Waals surface area contributed by atoms with Gasteiger partial charge in [-0.15, -0.1) is 0 Å². The number of hydrogen-bond donors (Lipinski definition) is 0. The van der Waals surface area contributed by atoms with Gasteiger partial charge in [-0.2, -0.15) is 4.31 Å². The van der Waals surface area contributed by atoms with Crippen molar-refractivity contribution >= 4 is 21.9 Å². The number of carbonyl (C=O) groups excluding carboxylic acids is 2. The third kappa shape index (κ3) is 5.69. The third-order valence-electron chi connectivity index (χ3n) is 4.95. The second kappa shape index (κ2) is 10.0. The molecular weight excluding hydrogens is 420 g/mol. The topological polar surface area (TPSA) is 93.2 Å². The first kappa shape index (κ1) is 22.9. The van der Waals surface area contributed by atoms with Crippen LogP contribution in [0.2, 0.25) is 0 Å². The van der Waals surface area contributed by atoms with Crippen LogP contribution < -0.4 is 0 Å². The first-order chi connectivity index (χ1) is 14.8. The summed E-state index contributed by atoms with van der Waals surface area (Å²) in [4.78, 5) is 26.6. The molecule has 0 spiro atoms. The molecule has 1 fully saturated rings. The van der Waals surface area contributed by atoms with Gasteiger partial charge in [-0.05, 0) is 30.7 Å². The van der Waals surface area contributed by atoms with E-state index in [1.807, 2.05) is 30.3 Å². The summed E-state index contributed by atoms with van der Waals surface area (Å²) in [7, 11) is -2.11. The fraction of sp³-hybridized carbons (Fsp3) is 0.364. The summed E-state index contributed by atoms with van der Waals surface area (Å²) in [5.74, 6) is -1.11. The molecule has 0 N–H and O–H groups in total. The summed E-state index contributed by atoms with van der Waals surface area (Å²) < 4.78 is 37.5. The lowest BCUT2D eigenvalue weighted by Gasteiger charge is -2.26. The minimum atomic E-state index is -3.74. The lowest BCUT2D eigenvalue weighted by Crippen LogP contribution is -2.40. The van der Waals surface area contributed by atoms with Crippen molar-refractivity contribution in [2.24, 2.45) is 0 Å². The number of amides is 1. The van der Waals surface area contributed by atoms with E-state index in [4.69, 9.17) is 9.47 Å². The SMILES string of the molecule is CC(OC(=O)c1cccc(S(=O)(=O)N2CCOCC2)c1)C(=O)N(C)Cc1ccccc1. The highest BCUT2D eigenvalue weighted by atomic mass is 32.2. The van der Waals surface area contributed by atoms with Gasteiger partial charge in [0.1, 0.15) is 0 Å². The van der Waals surface area contributed by atoms with Crippen LogP contribution in [-0.2, 0) is 30.8 Å². The molecule has 0 aromatic heterocycles. The first-order valence-corrected chi connectivity index (χ1v) is 11.4. The molecule has 1 atom stereocenters. The molecule has 31 heavy (non-hydrogen) atoms. The maximum Gasteiger partial charge on any atom is 0.338 e. The molecule has 1 saturated heterocycles. The van der Waals surface area contributed by atoms with E-state index in [9.17, 15) is 18.0 Å². The minimum Gasteiger partial charge on any atom is -0.449 e. The van der Waals surface area contributed by atoms with E-state index in [2.05, 4.69) is 0 Å². The van der Waals surface area contributed by atoms with Crippen molar-refractivity contribution in [3.05, 3.63) is 65.7 Å². The molecule has 0 bridgehead atoms. The van der Waals surface area contributed by atoms with Crippen LogP contribution in [0.15, 0.2) is 59.5 Å². The van der Waals surface area contributed by atoms with E-state index in [1.54, 1.807) is 7.05 Å². The van der Waals surface area contributed by atoms with E-state index < -0.39 is 22.1 Å². The monoisotopic (exact) mass is 446 g/mol. The van der Waals surface area contributed by atoms with Gasteiger partial charge in [0.2, 0.25) is 10.0 Å². The Morgan fingerprint density at radius 2 is 1.77 bits per heavy atom. The average Bonchev–Trinajstić information content (AvgIpc) is 2.79. The molecular formula is C22H26N2O6S. The quantitative estimate of drug-likeness (QED) is 0.603. The largest absolute Gasteiger partial charge is 0.449 e. The van der Waals surface area contributed by atoms with Gasteiger partial charge in [-0.1, -0.05) is 36.4 Å². The Morgan fingerprint density at radius 1 is 1.10 bits per heavy atom. The molecule has 1 heterocycles. The zero-order chi connectivity index (χ0) is 22.4. The highest BCUT2D eigenvalue weighted by molar-refractivity contribution is 7.89. The molecule has 1 unspecified atom stereocenters. The number of hydrogen-bond acceptors (Lipinski definition) is 6. The number of nitrogens with zero attached hydrogens (tertiary/aromatic N) is 2. The van der Waals surface area contributed by atoms with Crippen molar-refractivity contribution in [2.45, 2.75) is 24.5 Å². The number of morpholine rings is 1. The summed E-state index contributed by atoms with van der Waals surface area (Å²) >= 11 is 0. The van der Waals surface area contributed by atoms with Gasteiger partial charge in [0, 0.05) is 26.7 Å². The van der Waals surface area contributed by atoms with Crippen molar-refractivity contribution in [3.63, 3.8) is 0 Å². The first-order valence-electron chi connectivity index (χ1n) is 9.97. The van der Waals surface area contributed by atoms with Crippen LogP contribution in [-0.4, -0.2) is 69.0 Å². The normalized spacial score (nSPS) is 15.8. The Hall–Kier alpha value is -2.75. The Labute approximate surface area is 182 Å². The van der Waals surface area contributed by atoms with Crippen LogP contribution in [0.4, 0.5) is 0 Å². The highest BCUT2D eigenvalue weighted by Crippen LogP contribution is 2.19. The Kier molecular flexibility index (Phi) is 7.42. The minimum absolute atomic E-state index is 0.00373. The number of esters is 1. The molecule has 1 aliphatic rings. The average molecular weight is 447 g/mol. The van der Waals surface area contributed by atoms with Gasteiger partial charge in [0.15, 0.2) is 6.10 Å². The second-order valence-corrected chi connectivity index (χ2v) is 9.21. The third-order valence-corrected chi connectivity index (χ3v) is 6.84. The van der Waals surface area contributed by atoms with E-state index in [-0.39, 0.29) is 29.5 Å². The van der Waals surface area contributed by atoms with Gasteiger partial charge >= 0.3 is 5.97 Å². The molecule has 0 aliphatic carbocycles. The predicted octanol–water partition coefficient (Wildman–Crippen LogP) is 1.91. The number of likely N-dealkylation sites (N-methyl/N-ethyl adjacent to an activating group) is 1. The number of ether oxygens (including phenoxy) is 2. The van der Waals surface area contributed by atoms with Crippen LogP contribution in [0.1, 0.15) is 22.8 Å². The standard InChI is InChI=1S/C22H26N2O6S/c1-17(21(25)23(2)16-18-7-4-3-5-8-18)30-22(26)19-9-6-10-20(15-19)31(27,28)24-11-13-29-14-12-24/h3-10,15,17H,11-14,16H2,1-2H3. The number of rotatable bonds is 7. The van der Waals surface area contributed by atoms with Crippen LogP contribution >= 0.6 is 0 Å². The van der Waals surface area contributed by atoms with Crippen molar-refractivity contribution in [1.29, 1.82) is 0 Å². The molecule has 9 heteroatoms. The molecule has 1 aliphatic heterocycles. The van der Waals surface area contributed by atoms with Crippen LogP contribution in [0, 0.1) is 0 Å². The van der Waals surface area contributed by atoms with Gasteiger partial charge in [-0.25, -0.2) is 13.2 Å². The van der Waals surface area contributed by atoms with Gasteiger partial charge in [0.25, 0.3) is 5.91 Å². The Bertz CT molecular complexity index is 1020. The molecule has 0 saturated carbocycles. The lowest BCUT2D eigenvalue weighted by molar-refractivity contribution is -0.139. The molecule has 166 valence electrons. The number of benzene rings is 2. The summed E-state index contributed by atoms with van der Waals surface area (Å²) in [6.07, 6.45) is -1.01. The number of sulfonamides is 1. The predicted molar refractivity (Wildman–Crippen MR) is 114 cm³/mol. The van der Waals surface area contributed by atoms with Crippen molar-refractivity contribution < 1.29 is 27.5 Å². The van der Waals surface area contributed by atoms with Crippen molar-refractivity contribution in [2.75, 3.05) is 33.4 Å². The fourth-order valence-corrected chi connectivity index (χ4v) is 4.70. The smallest absolute Gasteiger partial charge is 0.338 e. The summed E-state index contributed by atoms with van der Waals surface area (Å²) in [5.41, 5.74) is 1.03. The van der Waals surface area contributed by atoms with Gasteiger partial charge in [-0.3, -0.25) is 4.79 Å². The Morgan fingerprint density at radius 3 is 2.45 bits per heavy atom. The van der Waals surface area contributed by atoms with Crippen molar-refractivity contribution in [3.8, 4) is 0 Å². The van der Waals surface area contributed by atoms with E-state index >= 15 is 0 Å². The van der Waals surface area contributed by atoms with Gasteiger partial charge < -0.3 is 14.4 Å². The highest BCUT2D eigenvalue weighted by Gasteiger charge is 2.28. The zero-order valence-electron chi connectivity index (χ0n) is 17.6. The molecule has 1 amide bonds. The van der Waals surface area contributed by atoms with Crippen LogP contribution in [0.3, 0.4) is 0 Å². The molecule has 3 rings (SSSR count). The van der Waals surface area contributed by atoms with Crippen LogP contribution in [0.5, 0.6) is 0 Å². The van der Waals surface area contributed by atoms with Gasteiger partial charge in [0.05, 0.1) is 23.7 Å². The molecule has 2 aromatic carbocycles. The van der Waals surface area contributed by atoms with E-state index in [0.717, 1.165) is 5.56 Å². The summed E-state index contributed by atoms with van der Waals surface area (Å²) in [6.45, 7) is 3.06. The molecule has 8 nitrogen and oxygen atoms in total. The fourth-order valence-electron chi connectivity index (χ4n) is 3.24. The Balaban J connectivity index is 1.66. The zero-order valence-corrected chi connectivity index (χ0v) is 18.4. The van der Waals surface area contributed by atoms with E-state index in [1.165, 1.54) is 40.4 Å². The van der Waals surface area contributed by atoms with Crippen LogP contribution in [0.25, 0.3) is 0 Å². The lowest BCUT2D eigenvalue weighted by atomic mass is 10.2. The number of carbonyl (C=O) groups is 2. The van der Waals surface area contributed by atoms with Crippen molar-refractivity contribution in [1.82, 2.24) is 9.21 Å². The maximum absolute atomic E-state index is 12.8. The maximum atomic E-state index is 12.8. The second-order valence-electron chi connectivity index (χ2n) is 7.27. The summed E-state index contributed by atoms with van der Waals surface area (Å²) in [6, 6.07) is 15.1. The van der Waals surface area contributed by atoms with E-state index in [0.29, 0.717) is 19.8 Å². The molecule has 2 aromatic rings. The molecule has 0 radical (unpaired) electrons.